The highest BCUT2D eigenvalue weighted by Crippen LogP contribution is 2.28. The molecule has 0 aromatic heterocycles. The Kier molecular flexibility index (Phi) is 3.57. The van der Waals surface area contributed by atoms with E-state index >= 15 is 0 Å². The quantitative estimate of drug-likeness (QED) is 0.892. The number of aliphatic carboxylic acids is 1. The standard InChI is InChI=1S/C14H17NO4/c1-14(2)15(11(9-19-14)13(17)18)12(16)8-10-6-4-3-5-7-10/h3-7,11H,8-9H2,1-2H3,(H,17,18)/t11-/m0/s1. The Labute approximate surface area is 111 Å². The molecule has 0 spiro atoms. The van der Waals surface area contributed by atoms with E-state index in [0.29, 0.717) is 0 Å². The summed E-state index contributed by atoms with van der Waals surface area (Å²) in [4.78, 5) is 24.8. The highest BCUT2D eigenvalue weighted by molar-refractivity contribution is 5.86. The first-order chi connectivity index (χ1) is 8.92. The molecule has 1 aliphatic rings. The van der Waals surface area contributed by atoms with Gasteiger partial charge in [-0.3, -0.25) is 9.69 Å². The van der Waals surface area contributed by atoms with Crippen molar-refractivity contribution in [1.29, 1.82) is 0 Å². The first-order valence-electron chi connectivity index (χ1n) is 6.14. The molecule has 0 bridgehead atoms. The van der Waals surface area contributed by atoms with Crippen LogP contribution in [0.1, 0.15) is 19.4 Å². The third-order valence-electron chi connectivity index (χ3n) is 3.24. The van der Waals surface area contributed by atoms with Crippen molar-refractivity contribution in [3.05, 3.63) is 35.9 Å². The fourth-order valence-electron chi connectivity index (χ4n) is 2.31. The Morgan fingerprint density at radius 2 is 2.00 bits per heavy atom. The minimum Gasteiger partial charge on any atom is -0.480 e. The second kappa shape index (κ2) is 5.01. The lowest BCUT2D eigenvalue weighted by molar-refractivity contribution is -0.154. The van der Waals surface area contributed by atoms with Crippen molar-refractivity contribution < 1.29 is 19.4 Å². The summed E-state index contributed by atoms with van der Waals surface area (Å²) in [5.41, 5.74) is -0.0195. The Morgan fingerprint density at radius 3 is 2.58 bits per heavy atom. The number of carbonyl (C=O) groups is 2. The molecule has 0 radical (unpaired) electrons. The molecule has 1 heterocycles. The summed E-state index contributed by atoms with van der Waals surface area (Å²) >= 11 is 0. The van der Waals surface area contributed by atoms with Gasteiger partial charge in [0.15, 0.2) is 6.04 Å². The lowest BCUT2D eigenvalue weighted by Gasteiger charge is -2.32. The number of rotatable bonds is 3. The highest BCUT2D eigenvalue weighted by Gasteiger charge is 2.46. The molecule has 1 atom stereocenters. The van der Waals surface area contributed by atoms with Gasteiger partial charge >= 0.3 is 5.97 Å². The molecule has 5 heteroatoms. The van der Waals surface area contributed by atoms with Crippen molar-refractivity contribution in [1.82, 2.24) is 4.90 Å². The molecule has 1 amide bonds. The normalized spacial score (nSPS) is 21.4. The van der Waals surface area contributed by atoms with Gasteiger partial charge in [-0.25, -0.2) is 4.79 Å². The maximum Gasteiger partial charge on any atom is 0.328 e. The van der Waals surface area contributed by atoms with E-state index in [-0.39, 0.29) is 18.9 Å². The molecule has 1 aliphatic heterocycles. The van der Waals surface area contributed by atoms with E-state index < -0.39 is 17.7 Å². The van der Waals surface area contributed by atoms with Crippen LogP contribution in [0.25, 0.3) is 0 Å². The largest absolute Gasteiger partial charge is 0.480 e. The molecule has 0 saturated carbocycles. The zero-order valence-corrected chi connectivity index (χ0v) is 11.0. The van der Waals surface area contributed by atoms with Crippen molar-refractivity contribution in [2.45, 2.75) is 32.0 Å². The first-order valence-corrected chi connectivity index (χ1v) is 6.14. The average molecular weight is 263 g/mol. The van der Waals surface area contributed by atoms with E-state index in [1.807, 2.05) is 30.3 Å². The molecule has 102 valence electrons. The van der Waals surface area contributed by atoms with Gasteiger partial charge in [0, 0.05) is 0 Å². The third kappa shape index (κ3) is 2.76. The average Bonchev–Trinajstić information content (AvgIpc) is 2.66. The van der Waals surface area contributed by atoms with Crippen LogP contribution in [0.3, 0.4) is 0 Å². The monoisotopic (exact) mass is 263 g/mol. The molecule has 1 saturated heterocycles. The second-order valence-electron chi connectivity index (χ2n) is 5.04. The molecule has 1 aromatic carbocycles. The molecule has 2 rings (SSSR count). The van der Waals surface area contributed by atoms with Crippen LogP contribution in [0.2, 0.25) is 0 Å². The minimum atomic E-state index is -1.04. The summed E-state index contributed by atoms with van der Waals surface area (Å²) < 4.78 is 5.41. The number of hydrogen-bond acceptors (Lipinski definition) is 3. The molecule has 1 fully saturated rings. The Bertz CT molecular complexity index is 483. The molecular formula is C14H17NO4. The predicted octanol–water partition coefficient (Wildman–Crippen LogP) is 1.28. The number of ether oxygens (including phenoxy) is 1. The Morgan fingerprint density at radius 1 is 1.37 bits per heavy atom. The highest BCUT2D eigenvalue weighted by atomic mass is 16.5. The molecule has 19 heavy (non-hydrogen) atoms. The van der Waals surface area contributed by atoms with E-state index in [4.69, 9.17) is 9.84 Å². The van der Waals surface area contributed by atoms with Crippen LogP contribution >= 0.6 is 0 Å². The van der Waals surface area contributed by atoms with Crippen molar-refractivity contribution in [3.8, 4) is 0 Å². The van der Waals surface area contributed by atoms with Gasteiger partial charge in [-0.15, -0.1) is 0 Å². The smallest absolute Gasteiger partial charge is 0.328 e. The van der Waals surface area contributed by atoms with Crippen LogP contribution < -0.4 is 0 Å². The van der Waals surface area contributed by atoms with Crippen molar-refractivity contribution in [2.24, 2.45) is 0 Å². The van der Waals surface area contributed by atoms with E-state index in [1.165, 1.54) is 4.90 Å². The number of amides is 1. The SMILES string of the molecule is CC1(C)OC[C@@H](C(=O)O)N1C(=O)Cc1ccccc1. The zero-order valence-electron chi connectivity index (χ0n) is 11.0. The second-order valence-corrected chi connectivity index (χ2v) is 5.04. The van der Waals surface area contributed by atoms with Crippen LogP contribution in [0.4, 0.5) is 0 Å². The first kappa shape index (κ1) is 13.5. The molecule has 1 aromatic rings. The van der Waals surface area contributed by atoms with Gasteiger partial charge < -0.3 is 9.84 Å². The molecule has 0 aliphatic carbocycles. The fourth-order valence-corrected chi connectivity index (χ4v) is 2.31. The van der Waals surface area contributed by atoms with Gasteiger partial charge in [0.25, 0.3) is 0 Å². The maximum absolute atomic E-state index is 12.3. The fraction of sp³-hybridized carbons (Fsp3) is 0.429. The van der Waals surface area contributed by atoms with Crippen molar-refractivity contribution in [3.63, 3.8) is 0 Å². The number of carboxylic acids is 1. The van der Waals surface area contributed by atoms with Crippen LogP contribution in [0.15, 0.2) is 30.3 Å². The number of benzene rings is 1. The number of hydrogen-bond donors (Lipinski definition) is 1. The lowest BCUT2D eigenvalue weighted by atomic mass is 10.1. The lowest BCUT2D eigenvalue weighted by Crippen LogP contribution is -2.51. The van der Waals surface area contributed by atoms with E-state index in [1.54, 1.807) is 13.8 Å². The number of nitrogens with zero attached hydrogens (tertiary/aromatic N) is 1. The summed E-state index contributed by atoms with van der Waals surface area (Å²) in [5, 5.41) is 9.16. The van der Waals surface area contributed by atoms with E-state index in [0.717, 1.165) is 5.56 Å². The van der Waals surface area contributed by atoms with Gasteiger partial charge in [-0.2, -0.15) is 0 Å². The van der Waals surface area contributed by atoms with Gasteiger partial charge in [-0.1, -0.05) is 30.3 Å². The Balaban J connectivity index is 2.18. The predicted molar refractivity (Wildman–Crippen MR) is 68.4 cm³/mol. The molecular weight excluding hydrogens is 246 g/mol. The summed E-state index contributed by atoms with van der Waals surface area (Å²) in [7, 11) is 0. The minimum absolute atomic E-state index is 0.0306. The maximum atomic E-state index is 12.3. The van der Waals surface area contributed by atoms with Crippen LogP contribution in [0.5, 0.6) is 0 Å². The topological polar surface area (TPSA) is 66.8 Å². The van der Waals surface area contributed by atoms with Crippen LogP contribution in [0, 0.1) is 0 Å². The van der Waals surface area contributed by atoms with Gasteiger partial charge in [0.1, 0.15) is 5.72 Å². The van der Waals surface area contributed by atoms with E-state index in [2.05, 4.69) is 0 Å². The summed E-state index contributed by atoms with van der Waals surface area (Å²) in [6.07, 6.45) is 0.178. The summed E-state index contributed by atoms with van der Waals surface area (Å²) in [5.74, 6) is -1.27. The van der Waals surface area contributed by atoms with Gasteiger partial charge in [0.05, 0.1) is 13.0 Å². The number of carbonyl (C=O) groups excluding carboxylic acids is 1. The number of carboxylic acid groups (broad SMARTS) is 1. The zero-order chi connectivity index (χ0) is 14.0. The van der Waals surface area contributed by atoms with Crippen LogP contribution in [-0.2, 0) is 20.7 Å². The molecule has 5 nitrogen and oxygen atoms in total. The van der Waals surface area contributed by atoms with E-state index in [9.17, 15) is 9.59 Å². The molecule has 1 N–H and O–H groups in total. The summed E-state index contributed by atoms with van der Waals surface area (Å²) in [6.45, 7) is 3.44. The van der Waals surface area contributed by atoms with Crippen LogP contribution in [-0.4, -0.2) is 40.3 Å². The van der Waals surface area contributed by atoms with Crippen molar-refractivity contribution >= 4 is 11.9 Å². The van der Waals surface area contributed by atoms with Gasteiger partial charge in [-0.05, 0) is 19.4 Å². The summed E-state index contributed by atoms with van der Waals surface area (Å²) in [6, 6.07) is 8.35. The Hall–Kier alpha value is -1.88. The third-order valence-corrected chi connectivity index (χ3v) is 3.24. The van der Waals surface area contributed by atoms with Crippen molar-refractivity contribution in [2.75, 3.05) is 6.61 Å². The molecule has 0 unspecified atom stereocenters. The van der Waals surface area contributed by atoms with Gasteiger partial charge in [0.2, 0.25) is 5.91 Å².